The molecule has 0 spiro atoms. The SMILES string of the molecule is CC(C)(C)c1ccc2c(c1)B1c3ccccc3C(C)(C)c3c(C(C)(C)C)ccc(c31)O2. The first-order chi connectivity index (χ1) is 14.4. The lowest BCUT2D eigenvalue weighted by atomic mass is 9.30. The second kappa shape index (κ2) is 6.28. The Balaban J connectivity index is 1.90. The van der Waals surface area contributed by atoms with Crippen molar-refractivity contribution in [2.45, 2.75) is 71.6 Å². The van der Waals surface area contributed by atoms with Gasteiger partial charge in [-0.05, 0) is 56.1 Å². The second-order valence-electron chi connectivity index (χ2n) is 11.9. The zero-order valence-corrected chi connectivity index (χ0v) is 20.2. The van der Waals surface area contributed by atoms with E-state index in [-0.39, 0.29) is 23.0 Å². The monoisotopic (exact) mass is 408 g/mol. The van der Waals surface area contributed by atoms with Crippen molar-refractivity contribution in [2.75, 3.05) is 0 Å². The number of fused-ring (bicyclic) bond motifs is 4. The molecule has 0 amide bonds. The molecule has 3 aromatic rings. The van der Waals surface area contributed by atoms with Gasteiger partial charge in [-0.2, -0.15) is 0 Å². The van der Waals surface area contributed by atoms with Gasteiger partial charge in [-0.25, -0.2) is 0 Å². The average Bonchev–Trinajstić information content (AvgIpc) is 2.68. The summed E-state index contributed by atoms with van der Waals surface area (Å²) in [6.45, 7) is 18.8. The van der Waals surface area contributed by atoms with Crippen molar-refractivity contribution < 1.29 is 4.74 Å². The van der Waals surface area contributed by atoms with E-state index in [1.807, 2.05) is 0 Å². The maximum absolute atomic E-state index is 6.57. The Kier molecular flexibility index (Phi) is 4.14. The minimum absolute atomic E-state index is 0.0615. The van der Waals surface area contributed by atoms with Gasteiger partial charge in [-0.15, -0.1) is 0 Å². The van der Waals surface area contributed by atoms with Gasteiger partial charge in [0.05, 0.1) is 0 Å². The van der Waals surface area contributed by atoms with Crippen LogP contribution in [0.15, 0.2) is 54.6 Å². The van der Waals surface area contributed by atoms with Crippen molar-refractivity contribution in [3.05, 3.63) is 76.9 Å². The molecule has 0 fully saturated rings. The van der Waals surface area contributed by atoms with Crippen molar-refractivity contribution in [3.8, 4) is 11.5 Å². The summed E-state index contributed by atoms with van der Waals surface area (Å²) in [6, 6.07) is 20.4. The lowest BCUT2D eigenvalue weighted by Crippen LogP contribution is -2.63. The van der Waals surface area contributed by atoms with Crippen LogP contribution in [0.4, 0.5) is 0 Å². The molecule has 0 saturated carbocycles. The van der Waals surface area contributed by atoms with Gasteiger partial charge in [0.15, 0.2) is 0 Å². The van der Waals surface area contributed by atoms with E-state index in [2.05, 4.69) is 110 Å². The molecule has 0 N–H and O–H groups in total. The molecule has 0 unspecified atom stereocenters. The fourth-order valence-electron chi connectivity index (χ4n) is 5.66. The molecule has 2 aliphatic rings. The molecule has 2 heterocycles. The predicted octanol–water partition coefficient (Wildman–Crippen LogP) is 5.54. The van der Waals surface area contributed by atoms with Gasteiger partial charge in [-0.1, -0.05) is 103 Å². The van der Waals surface area contributed by atoms with E-state index < -0.39 is 0 Å². The Morgan fingerprint density at radius 1 is 0.742 bits per heavy atom. The van der Waals surface area contributed by atoms with E-state index in [4.69, 9.17) is 4.74 Å². The van der Waals surface area contributed by atoms with Crippen LogP contribution in [0.25, 0.3) is 0 Å². The van der Waals surface area contributed by atoms with Gasteiger partial charge in [0, 0.05) is 5.41 Å². The van der Waals surface area contributed by atoms with Crippen LogP contribution in [0, 0.1) is 0 Å². The van der Waals surface area contributed by atoms with E-state index in [0.717, 1.165) is 11.5 Å². The molecule has 31 heavy (non-hydrogen) atoms. The number of ether oxygens (including phenoxy) is 1. The van der Waals surface area contributed by atoms with Crippen molar-refractivity contribution in [3.63, 3.8) is 0 Å². The summed E-state index contributed by atoms with van der Waals surface area (Å²) in [5.41, 5.74) is 9.84. The molecule has 158 valence electrons. The zero-order chi connectivity index (χ0) is 22.3. The van der Waals surface area contributed by atoms with Crippen LogP contribution in [0.2, 0.25) is 0 Å². The van der Waals surface area contributed by atoms with Gasteiger partial charge in [-0.3, -0.25) is 0 Å². The minimum Gasteiger partial charge on any atom is -0.458 e. The van der Waals surface area contributed by atoms with E-state index >= 15 is 0 Å². The van der Waals surface area contributed by atoms with Gasteiger partial charge in [0.2, 0.25) is 0 Å². The predicted molar refractivity (Wildman–Crippen MR) is 134 cm³/mol. The van der Waals surface area contributed by atoms with Crippen molar-refractivity contribution in [1.82, 2.24) is 0 Å². The normalized spacial score (nSPS) is 16.2. The standard InChI is InChI=1S/C29H33BO/c1-27(2,3)18-13-15-23-22(17-18)30-21-12-10-9-11-19(21)29(7,8)25-20(28(4,5)6)14-16-24(31-23)26(25)30/h9-17H,1-8H3. The maximum Gasteiger partial charge on any atom is 0.251 e. The number of rotatable bonds is 0. The van der Waals surface area contributed by atoms with E-state index in [1.54, 1.807) is 0 Å². The van der Waals surface area contributed by atoms with Crippen LogP contribution >= 0.6 is 0 Å². The van der Waals surface area contributed by atoms with E-state index in [0.29, 0.717) is 0 Å². The first-order valence-corrected chi connectivity index (χ1v) is 11.5. The Hall–Kier alpha value is -2.48. The average molecular weight is 408 g/mol. The molecule has 2 heteroatoms. The van der Waals surface area contributed by atoms with Crippen molar-refractivity contribution in [2.24, 2.45) is 0 Å². The molecule has 0 saturated heterocycles. The lowest BCUT2D eigenvalue weighted by Gasteiger charge is -2.44. The minimum atomic E-state index is -0.0798. The summed E-state index contributed by atoms with van der Waals surface area (Å²) in [5.74, 6) is 2.01. The third kappa shape index (κ3) is 2.91. The van der Waals surface area contributed by atoms with Crippen LogP contribution < -0.4 is 21.1 Å². The molecule has 3 aromatic carbocycles. The second-order valence-corrected chi connectivity index (χ2v) is 11.9. The third-order valence-corrected chi connectivity index (χ3v) is 7.28. The summed E-state index contributed by atoms with van der Waals surface area (Å²) in [7, 11) is 0. The molecular weight excluding hydrogens is 375 g/mol. The highest BCUT2D eigenvalue weighted by Crippen LogP contribution is 2.43. The Morgan fingerprint density at radius 3 is 2.10 bits per heavy atom. The molecule has 0 atom stereocenters. The van der Waals surface area contributed by atoms with Crippen LogP contribution in [-0.4, -0.2) is 6.71 Å². The molecule has 0 aromatic heterocycles. The highest BCUT2D eigenvalue weighted by Gasteiger charge is 2.47. The molecule has 5 rings (SSSR count). The third-order valence-electron chi connectivity index (χ3n) is 7.28. The first kappa shape index (κ1) is 20.4. The van der Waals surface area contributed by atoms with Crippen molar-refractivity contribution >= 4 is 23.1 Å². The topological polar surface area (TPSA) is 9.23 Å². The summed E-state index contributed by atoms with van der Waals surface area (Å²) in [5, 5.41) is 0. The number of benzene rings is 3. The first-order valence-electron chi connectivity index (χ1n) is 11.5. The number of hydrogen-bond donors (Lipinski definition) is 0. The highest BCUT2D eigenvalue weighted by molar-refractivity contribution is 6.98. The quantitative estimate of drug-likeness (QED) is 0.347. The molecular formula is C29H33BO. The van der Waals surface area contributed by atoms with E-state index in [1.165, 1.54) is 38.6 Å². The highest BCUT2D eigenvalue weighted by atomic mass is 16.5. The summed E-state index contributed by atoms with van der Waals surface area (Å²) < 4.78 is 6.57. The van der Waals surface area contributed by atoms with Crippen LogP contribution in [0.1, 0.15) is 77.6 Å². The fraction of sp³-hybridized carbons (Fsp3) is 0.379. The molecule has 2 aliphatic heterocycles. The fourth-order valence-corrected chi connectivity index (χ4v) is 5.66. The smallest absolute Gasteiger partial charge is 0.251 e. The summed E-state index contributed by atoms with van der Waals surface area (Å²) in [6.07, 6.45) is 0. The zero-order valence-electron chi connectivity index (χ0n) is 20.2. The molecule has 0 radical (unpaired) electrons. The number of hydrogen-bond acceptors (Lipinski definition) is 1. The van der Waals surface area contributed by atoms with Gasteiger partial charge in [0.25, 0.3) is 6.71 Å². The summed E-state index contributed by atoms with van der Waals surface area (Å²) in [4.78, 5) is 0. The van der Waals surface area contributed by atoms with Gasteiger partial charge in [0.1, 0.15) is 11.5 Å². The Labute approximate surface area is 187 Å². The largest absolute Gasteiger partial charge is 0.458 e. The van der Waals surface area contributed by atoms with Crippen molar-refractivity contribution in [1.29, 1.82) is 0 Å². The van der Waals surface area contributed by atoms with Gasteiger partial charge < -0.3 is 4.74 Å². The van der Waals surface area contributed by atoms with Crippen LogP contribution in [0.3, 0.4) is 0 Å². The molecule has 0 aliphatic carbocycles. The Morgan fingerprint density at radius 2 is 1.42 bits per heavy atom. The van der Waals surface area contributed by atoms with Gasteiger partial charge >= 0.3 is 0 Å². The molecule has 1 nitrogen and oxygen atoms in total. The molecule has 0 bridgehead atoms. The van der Waals surface area contributed by atoms with E-state index in [9.17, 15) is 0 Å². The van der Waals surface area contributed by atoms with Crippen LogP contribution in [-0.2, 0) is 16.2 Å². The Bertz CT molecular complexity index is 1200. The van der Waals surface area contributed by atoms with Crippen LogP contribution in [0.5, 0.6) is 11.5 Å². The summed E-state index contributed by atoms with van der Waals surface area (Å²) >= 11 is 0. The lowest BCUT2D eigenvalue weighted by molar-refractivity contribution is 0.479. The maximum atomic E-state index is 6.57.